The summed E-state index contributed by atoms with van der Waals surface area (Å²) in [5.41, 5.74) is 2.42. The maximum atomic E-state index is 8.77. The second-order valence-corrected chi connectivity index (χ2v) is 3.34. The SMILES string of the molecule is OCCc1ccc([C]2[CH][CH][CH][CH]2)cc1. The molecular formula is C13H13O. The van der Waals surface area contributed by atoms with Gasteiger partial charge in [0.15, 0.2) is 0 Å². The maximum Gasteiger partial charge on any atom is 0.0471 e. The zero-order valence-electron chi connectivity index (χ0n) is 7.98. The fraction of sp³-hybridized carbons (Fsp3) is 0.154. The highest BCUT2D eigenvalue weighted by Crippen LogP contribution is 2.29. The standard InChI is InChI=1S/C13H13O/c14-10-9-11-5-7-13(8-6-11)12-3-1-2-4-12/h1-8,14H,9-10H2. The number of hydrogen-bond acceptors (Lipinski definition) is 1. The van der Waals surface area contributed by atoms with Crippen LogP contribution in [-0.4, -0.2) is 11.7 Å². The van der Waals surface area contributed by atoms with Gasteiger partial charge in [-0.1, -0.05) is 24.3 Å². The van der Waals surface area contributed by atoms with E-state index in [4.69, 9.17) is 5.11 Å². The molecule has 0 unspecified atom stereocenters. The summed E-state index contributed by atoms with van der Waals surface area (Å²) >= 11 is 0. The summed E-state index contributed by atoms with van der Waals surface area (Å²) < 4.78 is 0. The molecule has 14 heavy (non-hydrogen) atoms. The van der Waals surface area contributed by atoms with E-state index in [1.807, 2.05) is 12.8 Å². The molecule has 0 spiro atoms. The average Bonchev–Trinajstić information content (AvgIpc) is 2.72. The third-order valence-corrected chi connectivity index (χ3v) is 2.35. The minimum atomic E-state index is 0.218. The van der Waals surface area contributed by atoms with Crippen LogP contribution in [0.25, 0.3) is 0 Å². The molecule has 1 aliphatic carbocycles. The molecule has 1 aromatic carbocycles. The number of hydrogen-bond donors (Lipinski definition) is 1. The van der Waals surface area contributed by atoms with E-state index in [-0.39, 0.29) is 6.61 Å². The lowest BCUT2D eigenvalue weighted by atomic mass is 9.96. The van der Waals surface area contributed by atoms with Gasteiger partial charge < -0.3 is 5.11 Å². The molecule has 5 radical (unpaired) electrons. The topological polar surface area (TPSA) is 20.2 Å². The summed E-state index contributed by atoms with van der Waals surface area (Å²) in [6, 6.07) is 8.33. The first kappa shape index (κ1) is 9.72. The van der Waals surface area contributed by atoms with Gasteiger partial charge in [0.2, 0.25) is 0 Å². The van der Waals surface area contributed by atoms with E-state index in [9.17, 15) is 0 Å². The van der Waals surface area contributed by atoms with E-state index < -0.39 is 0 Å². The quantitative estimate of drug-likeness (QED) is 0.763. The Bertz CT molecular complexity index is 270. The van der Waals surface area contributed by atoms with Crippen molar-refractivity contribution in [2.45, 2.75) is 6.42 Å². The van der Waals surface area contributed by atoms with E-state index in [0.29, 0.717) is 0 Å². The van der Waals surface area contributed by atoms with Crippen LogP contribution in [0.4, 0.5) is 0 Å². The van der Waals surface area contributed by atoms with Gasteiger partial charge in [-0.05, 0) is 43.2 Å². The molecule has 71 valence electrons. The van der Waals surface area contributed by atoms with E-state index in [2.05, 4.69) is 37.1 Å². The Hall–Kier alpha value is -0.820. The van der Waals surface area contributed by atoms with Crippen LogP contribution in [0.5, 0.6) is 0 Å². The van der Waals surface area contributed by atoms with Crippen molar-refractivity contribution < 1.29 is 5.11 Å². The van der Waals surface area contributed by atoms with Gasteiger partial charge in [-0.3, -0.25) is 0 Å². The summed E-state index contributed by atoms with van der Waals surface area (Å²) in [4.78, 5) is 0. The minimum Gasteiger partial charge on any atom is -0.396 e. The molecule has 2 rings (SSSR count). The lowest BCUT2D eigenvalue weighted by molar-refractivity contribution is 0.299. The van der Waals surface area contributed by atoms with Gasteiger partial charge in [0, 0.05) is 12.5 Å². The molecule has 0 amide bonds. The fourth-order valence-corrected chi connectivity index (χ4v) is 1.56. The number of aliphatic hydroxyl groups is 1. The molecule has 1 nitrogen and oxygen atoms in total. The van der Waals surface area contributed by atoms with E-state index >= 15 is 0 Å². The Morgan fingerprint density at radius 1 is 0.929 bits per heavy atom. The number of aliphatic hydroxyl groups excluding tert-OH is 1. The predicted molar refractivity (Wildman–Crippen MR) is 56.8 cm³/mol. The molecule has 0 atom stereocenters. The second kappa shape index (κ2) is 4.61. The van der Waals surface area contributed by atoms with Crippen molar-refractivity contribution in [2.75, 3.05) is 6.61 Å². The van der Waals surface area contributed by atoms with Crippen LogP contribution < -0.4 is 0 Å². The molecule has 1 aliphatic rings. The first-order valence-electron chi connectivity index (χ1n) is 4.82. The van der Waals surface area contributed by atoms with Gasteiger partial charge in [-0.25, -0.2) is 0 Å². The highest BCUT2D eigenvalue weighted by Gasteiger charge is 2.18. The molecule has 1 aromatic rings. The summed E-state index contributed by atoms with van der Waals surface area (Å²) in [6.07, 6.45) is 9.01. The van der Waals surface area contributed by atoms with Crippen LogP contribution in [0, 0.1) is 31.6 Å². The molecule has 0 heterocycles. The van der Waals surface area contributed by atoms with Crippen molar-refractivity contribution in [2.24, 2.45) is 0 Å². The largest absolute Gasteiger partial charge is 0.396 e. The van der Waals surface area contributed by atoms with Crippen LogP contribution >= 0.6 is 0 Å². The van der Waals surface area contributed by atoms with Crippen molar-refractivity contribution in [1.82, 2.24) is 0 Å². The third-order valence-electron chi connectivity index (χ3n) is 2.35. The van der Waals surface area contributed by atoms with Crippen LogP contribution in [0.3, 0.4) is 0 Å². The first-order chi connectivity index (χ1) is 6.90. The van der Waals surface area contributed by atoms with Gasteiger partial charge in [-0.15, -0.1) is 0 Å². The Kier molecular flexibility index (Phi) is 3.20. The summed E-state index contributed by atoms with van der Waals surface area (Å²) in [7, 11) is 0. The van der Waals surface area contributed by atoms with Gasteiger partial charge in [0.05, 0.1) is 0 Å². The Morgan fingerprint density at radius 2 is 1.57 bits per heavy atom. The lowest BCUT2D eigenvalue weighted by Gasteiger charge is -2.08. The monoisotopic (exact) mass is 185 g/mol. The van der Waals surface area contributed by atoms with Crippen molar-refractivity contribution in [1.29, 1.82) is 0 Å². The Labute approximate surface area is 85.8 Å². The molecule has 1 heteroatoms. The van der Waals surface area contributed by atoms with Gasteiger partial charge >= 0.3 is 0 Å². The summed E-state index contributed by atoms with van der Waals surface area (Å²) in [5.74, 6) is 1.25. The van der Waals surface area contributed by atoms with Crippen LogP contribution in [0.1, 0.15) is 11.1 Å². The minimum absolute atomic E-state index is 0.218. The Balaban J connectivity index is 2.05. The Morgan fingerprint density at radius 3 is 2.14 bits per heavy atom. The zero-order chi connectivity index (χ0) is 9.80. The molecule has 0 bridgehead atoms. The second-order valence-electron chi connectivity index (χ2n) is 3.34. The molecular weight excluding hydrogens is 172 g/mol. The van der Waals surface area contributed by atoms with Gasteiger partial charge in [0.1, 0.15) is 0 Å². The zero-order valence-corrected chi connectivity index (χ0v) is 7.98. The van der Waals surface area contributed by atoms with Crippen molar-refractivity contribution in [3.63, 3.8) is 0 Å². The van der Waals surface area contributed by atoms with Gasteiger partial charge in [0.25, 0.3) is 0 Å². The molecule has 0 saturated heterocycles. The summed E-state index contributed by atoms with van der Waals surface area (Å²) in [5, 5.41) is 8.77. The van der Waals surface area contributed by atoms with E-state index in [0.717, 1.165) is 6.42 Å². The molecule has 1 N–H and O–H groups in total. The highest BCUT2D eigenvalue weighted by atomic mass is 16.2. The lowest BCUT2D eigenvalue weighted by Crippen LogP contribution is -1.96. The first-order valence-corrected chi connectivity index (χ1v) is 4.82. The molecule has 1 fully saturated rings. The number of rotatable bonds is 3. The van der Waals surface area contributed by atoms with Crippen molar-refractivity contribution >= 4 is 0 Å². The summed E-state index contributed by atoms with van der Waals surface area (Å²) in [6.45, 7) is 0.218. The van der Waals surface area contributed by atoms with Crippen molar-refractivity contribution in [3.05, 3.63) is 67.0 Å². The highest BCUT2D eigenvalue weighted by molar-refractivity contribution is 5.50. The fourth-order valence-electron chi connectivity index (χ4n) is 1.56. The molecule has 0 aliphatic heterocycles. The van der Waals surface area contributed by atoms with Crippen molar-refractivity contribution in [3.8, 4) is 0 Å². The van der Waals surface area contributed by atoms with Crippen LogP contribution in [-0.2, 0) is 6.42 Å². The predicted octanol–water partition coefficient (Wildman–Crippen LogP) is 1.97. The van der Waals surface area contributed by atoms with Gasteiger partial charge in [-0.2, -0.15) is 0 Å². The average molecular weight is 185 g/mol. The van der Waals surface area contributed by atoms with Crippen LogP contribution in [0.2, 0.25) is 0 Å². The molecule has 0 aromatic heterocycles. The normalized spacial score (nSPS) is 17.5. The van der Waals surface area contributed by atoms with Crippen LogP contribution in [0.15, 0.2) is 24.3 Å². The molecule has 1 saturated carbocycles. The number of benzene rings is 1. The van der Waals surface area contributed by atoms with E-state index in [1.165, 1.54) is 17.0 Å². The maximum absolute atomic E-state index is 8.77. The smallest absolute Gasteiger partial charge is 0.0471 e. The third kappa shape index (κ3) is 2.16. The van der Waals surface area contributed by atoms with E-state index in [1.54, 1.807) is 0 Å².